The van der Waals surface area contributed by atoms with Gasteiger partial charge in [0.2, 0.25) is 0 Å². The maximum absolute atomic E-state index is 11.9. The Morgan fingerprint density at radius 3 is 2.23 bits per heavy atom. The van der Waals surface area contributed by atoms with Gasteiger partial charge in [-0.2, -0.15) is 0 Å². The maximum atomic E-state index is 11.9. The molecule has 184 valence electrons. The minimum atomic E-state index is -2.04. The van der Waals surface area contributed by atoms with Gasteiger partial charge in [0.15, 0.2) is 6.29 Å². The minimum Gasteiger partial charge on any atom is -0.392 e. The number of thioether (sulfide) groups is 1. The van der Waals surface area contributed by atoms with Gasteiger partial charge in [-0.05, 0) is 35.4 Å². The Hall–Kier alpha value is -1.77. The number of rotatable bonds is 7. The highest BCUT2D eigenvalue weighted by atomic mass is 35.6. The van der Waals surface area contributed by atoms with Crippen LogP contribution < -0.4 is 5.32 Å². The zero-order valence-corrected chi connectivity index (χ0v) is 21.7. The summed E-state index contributed by atoms with van der Waals surface area (Å²) in [6, 6.07) is 25.0. The Bertz CT molecular complexity index is 1110. The molecule has 5 nitrogen and oxygen atoms in total. The van der Waals surface area contributed by atoms with Crippen LogP contribution in [0.2, 0.25) is 0 Å². The van der Waals surface area contributed by atoms with Crippen molar-refractivity contribution in [3.05, 3.63) is 95.6 Å². The van der Waals surface area contributed by atoms with Crippen LogP contribution in [0.5, 0.6) is 0 Å². The highest BCUT2D eigenvalue weighted by Gasteiger charge is 2.33. The van der Waals surface area contributed by atoms with Gasteiger partial charge in [0.25, 0.3) is 9.70 Å². The average molecular weight is 553 g/mol. The zero-order valence-electron chi connectivity index (χ0n) is 18.6. The molecular formula is C26H24Cl3NO4S. The van der Waals surface area contributed by atoms with Crippen LogP contribution in [0.1, 0.15) is 35.5 Å². The molecule has 0 spiro atoms. The van der Waals surface area contributed by atoms with Crippen molar-refractivity contribution in [2.45, 2.75) is 40.2 Å². The van der Waals surface area contributed by atoms with E-state index in [0.717, 1.165) is 22.4 Å². The largest absolute Gasteiger partial charge is 0.392 e. The standard InChI is InChI=1S/C26H24Cl3NO4S/c27-26(28,29)25(32)30-20-12-10-19(11-13-20)24-33-21(16-35-22-4-2-1-3-5-22)14-23(34-24)18-8-6-17(15-31)7-9-18/h1-13,21,23-24,31H,14-16H2,(H,30,32). The van der Waals surface area contributed by atoms with Gasteiger partial charge >= 0.3 is 0 Å². The molecule has 3 aromatic rings. The van der Waals surface area contributed by atoms with Crippen molar-refractivity contribution >= 4 is 58.2 Å². The van der Waals surface area contributed by atoms with Crippen LogP contribution in [0.25, 0.3) is 0 Å². The van der Waals surface area contributed by atoms with Crippen LogP contribution in [0.3, 0.4) is 0 Å². The lowest BCUT2D eigenvalue weighted by Gasteiger charge is -2.36. The van der Waals surface area contributed by atoms with Crippen molar-refractivity contribution in [3.8, 4) is 0 Å². The number of benzene rings is 3. The first kappa shape index (κ1) is 26.3. The molecule has 0 bridgehead atoms. The summed E-state index contributed by atoms with van der Waals surface area (Å²) in [6.07, 6.45) is -0.117. The molecule has 0 aliphatic carbocycles. The van der Waals surface area contributed by atoms with E-state index >= 15 is 0 Å². The molecule has 1 aliphatic rings. The summed E-state index contributed by atoms with van der Waals surface area (Å²) >= 11 is 18.6. The molecule has 0 radical (unpaired) electrons. The highest BCUT2D eigenvalue weighted by Crippen LogP contribution is 2.39. The number of hydrogen-bond donors (Lipinski definition) is 2. The van der Waals surface area contributed by atoms with Crippen LogP contribution in [0.4, 0.5) is 5.69 Å². The fourth-order valence-corrected chi connectivity index (χ4v) is 4.74. The van der Waals surface area contributed by atoms with Crippen molar-refractivity contribution in [2.24, 2.45) is 0 Å². The van der Waals surface area contributed by atoms with Crippen molar-refractivity contribution in [2.75, 3.05) is 11.1 Å². The number of halogens is 3. The molecule has 1 aliphatic heterocycles. The number of aliphatic hydroxyl groups is 1. The predicted molar refractivity (Wildman–Crippen MR) is 141 cm³/mol. The summed E-state index contributed by atoms with van der Waals surface area (Å²) in [5.74, 6) is 0.0387. The van der Waals surface area contributed by atoms with Crippen LogP contribution in [-0.2, 0) is 20.9 Å². The zero-order chi connectivity index (χ0) is 24.8. The van der Waals surface area contributed by atoms with E-state index in [1.54, 1.807) is 23.9 Å². The van der Waals surface area contributed by atoms with E-state index < -0.39 is 16.0 Å². The summed E-state index contributed by atoms with van der Waals surface area (Å²) in [5.41, 5.74) is 3.18. The number of aliphatic hydroxyl groups excluding tert-OH is 1. The van der Waals surface area contributed by atoms with Crippen molar-refractivity contribution in [1.82, 2.24) is 0 Å². The summed E-state index contributed by atoms with van der Waals surface area (Å²) in [7, 11) is 0. The first-order valence-electron chi connectivity index (χ1n) is 11.0. The van der Waals surface area contributed by atoms with Gasteiger partial charge in [0.05, 0.1) is 18.8 Å². The van der Waals surface area contributed by atoms with Crippen molar-refractivity contribution in [3.63, 3.8) is 0 Å². The highest BCUT2D eigenvalue weighted by molar-refractivity contribution is 7.99. The van der Waals surface area contributed by atoms with E-state index in [1.165, 1.54) is 4.90 Å². The number of anilines is 1. The number of ether oxygens (including phenoxy) is 2. The van der Waals surface area contributed by atoms with E-state index in [-0.39, 0.29) is 18.8 Å². The fourth-order valence-electron chi connectivity index (χ4n) is 3.65. The summed E-state index contributed by atoms with van der Waals surface area (Å²) in [5, 5.41) is 11.9. The second-order valence-electron chi connectivity index (χ2n) is 8.05. The quantitative estimate of drug-likeness (QED) is 0.248. The summed E-state index contributed by atoms with van der Waals surface area (Å²) in [6.45, 7) is -0.00492. The average Bonchev–Trinajstić information content (AvgIpc) is 2.88. The number of hydrogen-bond acceptors (Lipinski definition) is 5. The van der Waals surface area contributed by atoms with Crippen molar-refractivity contribution < 1.29 is 19.4 Å². The van der Waals surface area contributed by atoms with E-state index in [9.17, 15) is 9.90 Å². The topological polar surface area (TPSA) is 67.8 Å². The number of amides is 1. The molecule has 1 amide bonds. The van der Waals surface area contributed by atoms with Crippen LogP contribution in [0, 0.1) is 0 Å². The first-order chi connectivity index (χ1) is 16.8. The Balaban J connectivity index is 1.50. The molecule has 1 fully saturated rings. The smallest absolute Gasteiger partial charge is 0.276 e. The van der Waals surface area contributed by atoms with Crippen LogP contribution in [0.15, 0.2) is 83.8 Å². The molecule has 0 saturated carbocycles. The van der Waals surface area contributed by atoms with Gasteiger partial charge < -0.3 is 19.9 Å². The molecule has 9 heteroatoms. The Morgan fingerprint density at radius 1 is 0.943 bits per heavy atom. The van der Waals surface area contributed by atoms with Gasteiger partial charge in [-0.25, -0.2) is 0 Å². The SMILES string of the molecule is O=C(Nc1ccc(C2OC(CSc3ccccc3)CC(c3ccc(CO)cc3)O2)cc1)C(Cl)(Cl)Cl. The molecule has 4 rings (SSSR count). The van der Waals surface area contributed by atoms with E-state index in [1.807, 2.05) is 54.6 Å². The predicted octanol–water partition coefficient (Wildman–Crippen LogP) is 6.83. The Kier molecular flexibility index (Phi) is 9.00. The van der Waals surface area contributed by atoms with E-state index in [0.29, 0.717) is 12.1 Å². The number of carbonyl (C=O) groups is 1. The third kappa shape index (κ3) is 7.37. The second kappa shape index (κ2) is 12.0. The molecule has 35 heavy (non-hydrogen) atoms. The molecule has 1 saturated heterocycles. The van der Waals surface area contributed by atoms with E-state index in [2.05, 4.69) is 17.4 Å². The van der Waals surface area contributed by atoms with Crippen molar-refractivity contribution in [1.29, 1.82) is 0 Å². The lowest BCUT2D eigenvalue weighted by atomic mass is 10.0. The molecule has 3 atom stereocenters. The lowest BCUT2D eigenvalue weighted by Crippen LogP contribution is -2.31. The van der Waals surface area contributed by atoms with Gasteiger partial charge in [-0.15, -0.1) is 11.8 Å². The Morgan fingerprint density at radius 2 is 1.60 bits per heavy atom. The van der Waals surface area contributed by atoms with Crippen LogP contribution in [-0.4, -0.2) is 26.7 Å². The Labute approximate surface area is 223 Å². The minimum absolute atomic E-state index is 0.00492. The number of alkyl halides is 3. The monoisotopic (exact) mass is 551 g/mol. The molecule has 3 unspecified atom stereocenters. The fraction of sp³-hybridized carbons (Fsp3) is 0.269. The molecular weight excluding hydrogens is 529 g/mol. The van der Waals surface area contributed by atoms with Gasteiger partial charge in [-0.1, -0.05) is 89.4 Å². The molecule has 1 heterocycles. The summed E-state index contributed by atoms with van der Waals surface area (Å²) < 4.78 is 10.6. The molecule has 2 N–H and O–H groups in total. The molecule has 0 aromatic heterocycles. The number of carbonyl (C=O) groups excluding carboxylic acids is 1. The maximum Gasteiger partial charge on any atom is 0.276 e. The lowest BCUT2D eigenvalue weighted by molar-refractivity contribution is -0.245. The van der Waals surface area contributed by atoms with Gasteiger partial charge in [0.1, 0.15) is 0 Å². The van der Waals surface area contributed by atoms with E-state index in [4.69, 9.17) is 44.3 Å². The second-order valence-corrected chi connectivity index (χ2v) is 11.4. The first-order valence-corrected chi connectivity index (χ1v) is 13.1. The van der Waals surface area contributed by atoms with Crippen LogP contribution >= 0.6 is 46.6 Å². The van der Waals surface area contributed by atoms with Gasteiger partial charge in [0, 0.05) is 28.3 Å². The third-order valence-electron chi connectivity index (χ3n) is 5.49. The number of nitrogens with one attached hydrogen (secondary N) is 1. The summed E-state index contributed by atoms with van der Waals surface area (Å²) in [4.78, 5) is 13.1. The third-order valence-corrected chi connectivity index (χ3v) is 7.15. The van der Waals surface area contributed by atoms with Gasteiger partial charge in [-0.3, -0.25) is 4.79 Å². The normalized spacial score (nSPS) is 20.4. The molecule has 3 aromatic carbocycles.